The maximum absolute atomic E-state index is 13.9. The number of rotatable bonds is 5. The number of halogens is 2. The number of nitrogens with zero attached hydrogens (tertiary/aromatic N) is 2. The highest BCUT2D eigenvalue weighted by Crippen LogP contribution is 2.28. The van der Waals surface area contributed by atoms with Crippen LogP contribution < -0.4 is 5.14 Å². The average Bonchev–Trinajstić information content (AvgIpc) is 2.87. The zero-order chi connectivity index (χ0) is 16.5. The van der Waals surface area contributed by atoms with Crippen molar-refractivity contribution in [3.05, 3.63) is 47.3 Å². The van der Waals surface area contributed by atoms with Crippen molar-refractivity contribution >= 4 is 22.6 Å². The fraction of sp³-hybridized carbons (Fsp3) is 0.400. The van der Waals surface area contributed by atoms with Gasteiger partial charge in [-0.3, -0.25) is 5.14 Å². The number of aromatic nitrogens is 2. The monoisotopic (exact) mass is 343 g/mol. The zero-order valence-electron chi connectivity index (χ0n) is 12.7. The van der Waals surface area contributed by atoms with E-state index in [1.165, 1.54) is 6.07 Å². The normalized spacial score (nSPS) is 14.8. The van der Waals surface area contributed by atoms with E-state index in [0.717, 1.165) is 5.69 Å². The molecule has 1 aromatic carbocycles. The van der Waals surface area contributed by atoms with Gasteiger partial charge in [-0.05, 0) is 38.5 Å². The van der Waals surface area contributed by atoms with Crippen molar-refractivity contribution < 1.29 is 8.60 Å². The Hall–Kier alpha value is -1.24. The average molecular weight is 344 g/mol. The number of nitrogens with two attached hydrogens (primary N) is 1. The Morgan fingerprint density at radius 2 is 2.18 bits per heavy atom. The topological polar surface area (TPSA) is 60.9 Å². The third-order valence-corrected chi connectivity index (χ3v) is 5.13. The van der Waals surface area contributed by atoms with Crippen LogP contribution in [-0.2, 0) is 11.0 Å². The van der Waals surface area contributed by atoms with Gasteiger partial charge in [0, 0.05) is 17.1 Å². The summed E-state index contributed by atoms with van der Waals surface area (Å²) < 4.78 is 26.6. The van der Waals surface area contributed by atoms with Crippen LogP contribution in [0.2, 0.25) is 5.02 Å². The summed E-state index contributed by atoms with van der Waals surface area (Å²) in [6.07, 6.45) is 3.95. The summed E-state index contributed by atoms with van der Waals surface area (Å²) >= 11 is 5.76. The van der Waals surface area contributed by atoms with Crippen LogP contribution in [0.25, 0.3) is 5.69 Å². The van der Waals surface area contributed by atoms with Crippen molar-refractivity contribution in [1.29, 1.82) is 0 Å². The van der Waals surface area contributed by atoms with E-state index in [4.69, 9.17) is 16.7 Å². The molecule has 2 atom stereocenters. The smallest absolute Gasteiger partial charge is 0.148 e. The van der Waals surface area contributed by atoms with Gasteiger partial charge in [0.05, 0.1) is 33.4 Å². The summed E-state index contributed by atoms with van der Waals surface area (Å²) in [6.45, 7) is 5.70. The lowest BCUT2D eigenvalue weighted by atomic mass is 9.96. The minimum atomic E-state index is -1.41. The molecular weight excluding hydrogens is 325 g/mol. The van der Waals surface area contributed by atoms with Gasteiger partial charge in [-0.1, -0.05) is 18.5 Å². The Kier molecular flexibility index (Phi) is 5.04. The molecule has 1 unspecified atom stereocenters. The molecule has 0 spiro atoms. The van der Waals surface area contributed by atoms with Crippen LogP contribution in [0.15, 0.2) is 30.7 Å². The molecule has 0 saturated heterocycles. The van der Waals surface area contributed by atoms with E-state index in [-0.39, 0.29) is 5.92 Å². The van der Waals surface area contributed by atoms with Gasteiger partial charge in [0.2, 0.25) is 0 Å². The highest BCUT2D eigenvalue weighted by molar-refractivity contribution is 7.84. The third kappa shape index (κ3) is 3.74. The first-order valence-electron chi connectivity index (χ1n) is 6.86. The standard InChI is InChI=1S/C15H19ClFN3OS/c1-10(7-15(2,3)22(18)21)13-8-20(9-19-13)14-5-4-11(16)6-12(14)17/h4-6,8-10H,7,18H2,1-3H3/t10-,22?/m0/s1. The second-order valence-electron chi connectivity index (χ2n) is 5.96. The van der Waals surface area contributed by atoms with Crippen molar-refractivity contribution in [2.45, 2.75) is 37.9 Å². The summed E-state index contributed by atoms with van der Waals surface area (Å²) in [5.41, 5.74) is 1.19. The highest BCUT2D eigenvalue weighted by atomic mass is 35.5. The fourth-order valence-corrected chi connectivity index (χ4v) is 2.91. The molecule has 1 heterocycles. The van der Waals surface area contributed by atoms with Crippen molar-refractivity contribution in [2.24, 2.45) is 5.14 Å². The Morgan fingerprint density at radius 3 is 2.77 bits per heavy atom. The van der Waals surface area contributed by atoms with E-state index >= 15 is 0 Å². The molecule has 2 N–H and O–H groups in total. The van der Waals surface area contributed by atoms with Crippen molar-refractivity contribution in [1.82, 2.24) is 9.55 Å². The van der Waals surface area contributed by atoms with Crippen LogP contribution in [0.4, 0.5) is 4.39 Å². The van der Waals surface area contributed by atoms with Gasteiger partial charge in [-0.15, -0.1) is 0 Å². The predicted octanol–water partition coefficient (Wildman–Crippen LogP) is 3.56. The first-order valence-corrected chi connectivity index (χ1v) is 8.45. The van der Waals surface area contributed by atoms with E-state index in [0.29, 0.717) is 17.1 Å². The van der Waals surface area contributed by atoms with Gasteiger partial charge in [-0.25, -0.2) is 13.6 Å². The molecule has 0 radical (unpaired) electrons. The lowest BCUT2D eigenvalue weighted by Gasteiger charge is -2.24. The largest absolute Gasteiger partial charge is 0.303 e. The third-order valence-electron chi connectivity index (χ3n) is 3.64. The highest BCUT2D eigenvalue weighted by Gasteiger charge is 2.27. The maximum atomic E-state index is 13.9. The van der Waals surface area contributed by atoms with Crippen LogP contribution in [0.5, 0.6) is 0 Å². The Morgan fingerprint density at radius 1 is 1.50 bits per heavy atom. The summed E-state index contributed by atoms with van der Waals surface area (Å²) in [4.78, 5) is 4.32. The van der Waals surface area contributed by atoms with E-state index in [9.17, 15) is 8.60 Å². The summed E-state index contributed by atoms with van der Waals surface area (Å²) in [5.74, 6) is -0.355. The zero-order valence-corrected chi connectivity index (χ0v) is 14.3. The molecule has 0 fully saturated rings. The molecule has 7 heteroatoms. The Labute approximate surface area is 137 Å². The first kappa shape index (κ1) is 17.1. The number of imidazole rings is 1. The molecule has 1 aromatic heterocycles. The van der Waals surface area contributed by atoms with Gasteiger partial charge in [-0.2, -0.15) is 0 Å². The fourth-order valence-electron chi connectivity index (χ4n) is 2.34. The van der Waals surface area contributed by atoms with Gasteiger partial charge in [0.15, 0.2) is 0 Å². The quantitative estimate of drug-likeness (QED) is 0.902. The van der Waals surface area contributed by atoms with Gasteiger partial charge in [0.1, 0.15) is 5.82 Å². The Bertz CT molecular complexity index is 702. The minimum Gasteiger partial charge on any atom is -0.303 e. The molecule has 4 nitrogen and oxygen atoms in total. The molecule has 0 aliphatic heterocycles. The molecule has 0 amide bonds. The molecule has 0 saturated carbocycles. The minimum absolute atomic E-state index is 0.0547. The SMILES string of the molecule is C[C@@H](CC(C)(C)S(N)=O)c1cn(-c2ccc(Cl)cc2F)cn1. The molecule has 2 rings (SSSR count). The Balaban J connectivity index is 2.22. The van der Waals surface area contributed by atoms with Crippen LogP contribution in [0.1, 0.15) is 38.8 Å². The summed E-state index contributed by atoms with van der Waals surface area (Å²) in [6, 6.07) is 4.50. The summed E-state index contributed by atoms with van der Waals surface area (Å²) in [5, 5.41) is 5.86. The maximum Gasteiger partial charge on any atom is 0.148 e. The molecular formula is C15H19ClFN3OS. The van der Waals surface area contributed by atoms with Gasteiger partial charge in [0.25, 0.3) is 0 Å². The second-order valence-corrected chi connectivity index (χ2v) is 8.10. The van der Waals surface area contributed by atoms with E-state index in [1.807, 2.05) is 20.8 Å². The first-order chi connectivity index (χ1) is 10.2. The van der Waals surface area contributed by atoms with Crippen molar-refractivity contribution in [2.75, 3.05) is 0 Å². The molecule has 0 aliphatic carbocycles. The van der Waals surface area contributed by atoms with Crippen molar-refractivity contribution in [3.8, 4) is 5.69 Å². The number of hydrogen-bond acceptors (Lipinski definition) is 2. The van der Waals surface area contributed by atoms with Crippen molar-refractivity contribution in [3.63, 3.8) is 0 Å². The van der Waals surface area contributed by atoms with Crippen LogP contribution in [0.3, 0.4) is 0 Å². The lowest BCUT2D eigenvalue weighted by Crippen LogP contribution is -2.33. The molecule has 0 aliphatic rings. The number of benzene rings is 1. The van der Waals surface area contributed by atoms with E-state index < -0.39 is 21.5 Å². The summed E-state index contributed by atoms with van der Waals surface area (Å²) in [7, 11) is -1.41. The lowest BCUT2D eigenvalue weighted by molar-refractivity contribution is 0.534. The van der Waals surface area contributed by atoms with Crippen LogP contribution in [-0.4, -0.2) is 18.5 Å². The van der Waals surface area contributed by atoms with E-state index in [1.54, 1.807) is 29.2 Å². The molecule has 22 heavy (non-hydrogen) atoms. The number of hydrogen-bond donors (Lipinski definition) is 1. The van der Waals surface area contributed by atoms with E-state index in [2.05, 4.69) is 4.98 Å². The van der Waals surface area contributed by atoms with Gasteiger partial charge < -0.3 is 4.57 Å². The van der Waals surface area contributed by atoms with Gasteiger partial charge >= 0.3 is 0 Å². The van der Waals surface area contributed by atoms with Crippen LogP contribution >= 0.6 is 11.6 Å². The predicted molar refractivity (Wildman–Crippen MR) is 88.0 cm³/mol. The van der Waals surface area contributed by atoms with Crippen LogP contribution in [0, 0.1) is 5.82 Å². The molecule has 2 aromatic rings. The molecule has 120 valence electrons. The molecule has 0 bridgehead atoms. The second kappa shape index (κ2) is 6.48.